The van der Waals surface area contributed by atoms with Gasteiger partial charge in [-0.25, -0.2) is 4.98 Å². The molecular formula is C28H34N4O2. The topological polar surface area (TPSA) is 58.4 Å². The molecule has 6 nitrogen and oxygen atoms in total. The zero-order chi connectivity index (χ0) is 23.5. The number of anilines is 1. The smallest absolute Gasteiger partial charge is 0.293 e. The fraction of sp³-hybridized carbons (Fsp3) is 0.464. The van der Waals surface area contributed by atoms with Gasteiger partial charge in [0.1, 0.15) is 0 Å². The van der Waals surface area contributed by atoms with Crippen molar-refractivity contribution < 1.29 is 4.79 Å². The first kappa shape index (κ1) is 22.6. The van der Waals surface area contributed by atoms with Crippen molar-refractivity contribution in [1.82, 2.24) is 14.5 Å². The molecule has 2 aliphatic heterocycles. The summed E-state index contributed by atoms with van der Waals surface area (Å²) in [5, 5.41) is 0. The van der Waals surface area contributed by atoms with Crippen LogP contribution in [-0.4, -0.2) is 46.5 Å². The molecule has 1 atom stereocenters. The highest BCUT2D eigenvalue weighted by atomic mass is 16.2. The number of aromatic nitrogens is 2. The number of piperidine rings is 2. The maximum absolute atomic E-state index is 13.4. The number of hydrogen-bond acceptors (Lipinski definition) is 4. The molecule has 3 aromatic rings. The molecule has 6 heteroatoms. The Morgan fingerprint density at radius 2 is 1.71 bits per heavy atom. The first-order valence-corrected chi connectivity index (χ1v) is 12.7. The molecule has 0 unspecified atom stereocenters. The van der Waals surface area contributed by atoms with Gasteiger partial charge in [0.2, 0.25) is 5.91 Å². The molecule has 1 aromatic heterocycles. The van der Waals surface area contributed by atoms with Crippen LogP contribution in [0, 0.1) is 11.8 Å². The Hall–Kier alpha value is -3.15. The molecule has 178 valence electrons. The lowest BCUT2D eigenvalue weighted by Gasteiger charge is -2.38. The number of aryl methyl sites for hydroxylation is 1. The molecule has 0 saturated carbocycles. The van der Waals surface area contributed by atoms with Crippen LogP contribution in [0.25, 0.3) is 11.0 Å². The quantitative estimate of drug-likeness (QED) is 0.577. The van der Waals surface area contributed by atoms with Crippen molar-refractivity contribution in [2.24, 2.45) is 11.8 Å². The van der Waals surface area contributed by atoms with Gasteiger partial charge in [0.05, 0.1) is 17.0 Å². The second-order valence-corrected chi connectivity index (χ2v) is 9.72. The summed E-state index contributed by atoms with van der Waals surface area (Å²) in [6.45, 7) is 5.61. The molecule has 5 rings (SSSR count). The SMILES string of the molecule is CCn1c(=O)c(N2CCC[C@@H](C(=O)N3CCC(Cc4ccccc4)CC3)C2)nc2ccccc21. The van der Waals surface area contributed by atoms with Crippen molar-refractivity contribution in [3.8, 4) is 0 Å². The van der Waals surface area contributed by atoms with Crippen molar-refractivity contribution >= 4 is 22.8 Å². The highest BCUT2D eigenvalue weighted by Crippen LogP contribution is 2.27. The first-order chi connectivity index (χ1) is 16.6. The summed E-state index contributed by atoms with van der Waals surface area (Å²) in [7, 11) is 0. The van der Waals surface area contributed by atoms with Gasteiger partial charge in [-0.15, -0.1) is 0 Å². The molecule has 0 N–H and O–H groups in total. The third-order valence-electron chi connectivity index (χ3n) is 7.52. The summed E-state index contributed by atoms with van der Waals surface area (Å²) >= 11 is 0. The van der Waals surface area contributed by atoms with Crippen LogP contribution in [0.15, 0.2) is 59.4 Å². The molecule has 34 heavy (non-hydrogen) atoms. The molecule has 2 saturated heterocycles. The van der Waals surface area contributed by atoms with E-state index >= 15 is 0 Å². The highest BCUT2D eigenvalue weighted by molar-refractivity contribution is 5.80. The van der Waals surface area contributed by atoms with E-state index < -0.39 is 0 Å². The number of hydrogen-bond donors (Lipinski definition) is 0. The summed E-state index contributed by atoms with van der Waals surface area (Å²) in [6, 6.07) is 18.4. The molecular weight excluding hydrogens is 424 g/mol. The standard InChI is InChI=1S/C28H34N4O2/c1-2-32-25-13-7-6-12-24(25)29-26(28(32)34)31-16-8-11-23(20-31)27(33)30-17-14-22(15-18-30)19-21-9-4-3-5-10-21/h3-7,9-10,12-13,22-23H,2,8,11,14-20H2,1H3/t23-/m1/s1. The molecule has 2 aliphatic rings. The summed E-state index contributed by atoms with van der Waals surface area (Å²) in [4.78, 5) is 35.5. The Balaban J connectivity index is 1.26. The van der Waals surface area contributed by atoms with E-state index in [1.807, 2.05) is 31.2 Å². The summed E-state index contributed by atoms with van der Waals surface area (Å²) in [5.41, 5.74) is 3.02. The summed E-state index contributed by atoms with van der Waals surface area (Å²) in [6.07, 6.45) is 5.00. The zero-order valence-corrected chi connectivity index (χ0v) is 20.0. The Kier molecular flexibility index (Phi) is 6.66. The zero-order valence-electron chi connectivity index (χ0n) is 20.0. The van der Waals surface area contributed by atoms with Crippen LogP contribution >= 0.6 is 0 Å². The van der Waals surface area contributed by atoms with Crippen LogP contribution in [0.1, 0.15) is 38.2 Å². The van der Waals surface area contributed by atoms with Gasteiger partial charge >= 0.3 is 0 Å². The molecule has 0 spiro atoms. The Bertz CT molecular complexity index is 1200. The molecule has 0 bridgehead atoms. The third kappa shape index (κ3) is 4.59. The molecule has 0 aliphatic carbocycles. The third-order valence-corrected chi connectivity index (χ3v) is 7.52. The largest absolute Gasteiger partial charge is 0.351 e. The van der Waals surface area contributed by atoms with Crippen molar-refractivity contribution in [2.45, 2.75) is 45.6 Å². The number of nitrogens with zero attached hydrogens (tertiary/aromatic N) is 4. The Morgan fingerprint density at radius 3 is 2.47 bits per heavy atom. The monoisotopic (exact) mass is 458 g/mol. The maximum atomic E-state index is 13.4. The normalized spacial score (nSPS) is 19.5. The van der Waals surface area contributed by atoms with E-state index in [1.165, 1.54) is 5.56 Å². The van der Waals surface area contributed by atoms with Crippen LogP contribution in [0.4, 0.5) is 5.82 Å². The van der Waals surface area contributed by atoms with Gasteiger partial charge in [-0.3, -0.25) is 9.59 Å². The van der Waals surface area contributed by atoms with Gasteiger partial charge in [0, 0.05) is 32.7 Å². The van der Waals surface area contributed by atoms with Crippen LogP contribution in [0.5, 0.6) is 0 Å². The predicted molar refractivity (Wildman–Crippen MR) is 136 cm³/mol. The van der Waals surface area contributed by atoms with E-state index in [4.69, 9.17) is 4.98 Å². The van der Waals surface area contributed by atoms with E-state index in [1.54, 1.807) is 4.57 Å². The van der Waals surface area contributed by atoms with Gasteiger partial charge in [-0.05, 0) is 62.6 Å². The lowest BCUT2D eigenvalue weighted by atomic mass is 9.89. The van der Waals surface area contributed by atoms with Crippen LogP contribution in [0.3, 0.4) is 0 Å². The fourth-order valence-corrected chi connectivity index (χ4v) is 5.63. The van der Waals surface area contributed by atoms with Crippen LogP contribution < -0.4 is 10.5 Å². The average Bonchev–Trinajstić information content (AvgIpc) is 2.89. The van der Waals surface area contributed by atoms with Crippen molar-refractivity contribution in [3.63, 3.8) is 0 Å². The highest BCUT2D eigenvalue weighted by Gasteiger charge is 2.33. The van der Waals surface area contributed by atoms with E-state index in [9.17, 15) is 9.59 Å². The van der Waals surface area contributed by atoms with Gasteiger partial charge in [0.15, 0.2) is 5.82 Å². The van der Waals surface area contributed by atoms with Crippen molar-refractivity contribution in [3.05, 3.63) is 70.5 Å². The molecule has 2 fully saturated rings. The predicted octanol–water partition coefficient (Wildman–Crippen LogP) is 4.11. The second-order valence-electron chi connectivity index (χ2n) is 9.72. The van der Waals surface area contributed by atoms with E-state index in [-0.39, 0.29) is 17.4 Å². The first-order valence-electron chi connectivity index (χ1n) is 12.7. The van der Waals surface area contributed by atoms with Gasteiger partial charge < -0.3 is 14.4 Å². The number of para-hydroxylation sites is 2. The minimum atomic E-state index is -0.0674. The second kappa shape index (κ2) is 10.00. The van der Waals surface area contributed by atoms with Gasteiger partial charge in [0.25, 0.3) is 5.56 Å². The Morgan fingerprint density at radius 1 is 0.971 bits per heavy atom. The number of carbonyl (C=O) groups excluding carboxylic acids is 1. The summed E-state index contributed by atoms with van der Waals surface area (Å²) in [5.74, 6) is 1.31. The number of fused-ring (bicyclic) bond motifs is 1. The average molecular weight is 459 g/mol. The van der Waals surface area contributed by atoms with Gasteiger partial charge in [-0.1, -0.05) is 42.5 Å². The molecule has 2 aromatic carbocycles. The lowest BCUT2D eigenvalue weighted by Crippen LogP contribution is -2.48. The lowest BCUT2D eigenvalue weighted by molar-refractivity contribution is -0.137. The molecule has 1 amide bonds. The number of carbonyl (C=O) groups is 1. The minimum absolute atomic E-state index is 0.0592. The van der Waals surface area contributed by atoms with Crippen molar-refractivity contribution in [2.75, 3.05) is 31.1 Å². The fourth-order valence-electron chi connectivity index (χ4n) is 5.63. The maximum Gasteiger partial charge on any atom is 0.293 e. The molecule has 0 radical (unpaired) electrons. The van der Waals surface area contributed by atoms with Crippen LogP contribution in [0.2, 0.25) is 0 Å². The minimum Gasteiger partial charge on any atom is -0.351 e. The number of likely N-dealkylation sites (tertiary alicyclic amines) is 1. The van der Waals surface area contributed by atoms with E-state index in [2.05, 4.69) is 40.1 Å². The number of amides is 1. The summed E-state index contributed by atoms with van der Waals surface area (Å²) < 4.78 is 1.79. The Labute approximate surface area is 201 Å². The van der Waals surface area contributed by atoms with Crippen molar-refractivity contribution in [1.29, 1.82) is 0 Å². The van der Waals surface area contributed by atoms with E-state index in [0.717, 1.165) is 62.8 Å². The van der Waals surface area contributed by atoms with E-state index in [0.29, 0.717) is 24.8 Å². The number of rotatable bonds is 5. The number of benzene rings is 2. The molecule has 3 heterocycles. The van der Waals surface area contributed by atoms with Crippen LogP contribution in [-0.2, 0) is 17.8 Å². The van der Waals surface area contributed by atoms with Gasteiger partial charge in [-0.2, -0.15) is 0 Å².